The number of cyclic esters (lactones) is 1. The highest BCUT2D eigenvalue weighted by atomic mass is 35.5. The molecule has 0 amide bonds. The lowest BCUT2D eigenvalue weighted by molar-refractivity contribution is -0.145. The van der Waals surface area contributed by atoms with E-state index in [2.05, 4.69) is 4.90 Å². The van der Waals surface area contributed by atoms with Gasteiger partial charge in [0, 0.05) is 26.1 Å². The van der Waals surface area contributed by atoms with Gasteiger partial charge in [0.1, 0.15) is 11.5 Å². The molecule has 0 aliphatic carbocycles. The number of hydrogen-bond acceptors (Lipinski definition) is 4. The Hall–Kier alpha value is -1.88. The Balaban J connectivity index is 0.00000196. The minimum absolute atomic E-state index is 0. The maximum atomic E-state index is 13.1. The van der Waals surface area contributed by atoms with Crippen LogP contribution in [0.25, 0.3) is 0 Å². The zero-order chi connectivity index (χ0) is 17.1. The van der Waals surface area contributed by atoms with Gasteiger partial charge in [-0.25, -0.2) is 0 Å². The average molecular weight is 374 g/mol. The molecule has 0 aromatic heterocycles. The third kappa shape index (κ3) is 3.50. The Labute approximate surface area is 160 Å². The molecule has 2 aromatic carbocycles. The number of carbonyl (C=O) groups excluding carboxylic acids is 1. The summed E-state index contributed by atoms with van der Waals surface area (Å²) in [6, 6.07) is 20.0. The van der Waals surface area contributed by atoms with Crippen LogP contribution >= 0.6 is 12.4 Å². The maximum Gasteiger partial charge on any atom is 0.321 e. The van der Waals surface area contributed by atoms with Crippen LogP contribution in [-0.4, -0.2) is 49.8 Å². The number of morpholine rings is 1. The minimum Gasteiger partial charge on any atom is -0.460 e. The summed E-state index contributed by atoms with van der Waals surface area (Å²) in [7, 11) is 0. The quantitative estimate of drug-likeness (QED) is 0.772. The average Bonchev–Trinajstić information content (AvgIpc) is 3.01. The fraction of sp³-hybridized carbons (Fsp3) is 0.381. The van der Waals surface area contributed by atoms with Gasteiger partial charge in [-0.2, -0.15) is 0 Å². The Morgan fingerprint density at radius 3 is 2.00 bits per heavy atom. The molecule has 2 heterocycles. The molecule has 1 atom stereocenters. The third-order valence-electron chi connectivity index (χ3n) is 5.25. The molecule has 0 saturated carbocycles. The third-order valence-corrected chi connectivity index (χ3v) is 5.25. The minimum atomic E-state index is -0.709. The van der Waals surface area contributed by atoms with Crippen molar-refractivity contribution in [3.8, 4) is 0 Å². The highest BCUT2D eigenvalue weighted by molar-refractivity contribution is 5.89. The summed E-state index contributed by atoms with van der Waals surface area (Å²) in [6.07, 6.45) is 0.586. The van der Waals surface area contributed by atoms with Crippen molar-refractivity contribution in [1.82, 2.24) is 4.90 Å². The molecule has 2 fully saturated rings. The van der Waals surface area contributed by atoms with E-state index in [9.17, 15) is 4.79 Å². The van der Waals surface area contributed by atoms with Crippen LogP contribution in [0.15, 0.2) is 60.7 Å². The number of esters is 1. The monoisotopic (exact) mass is 373 g/mol. The Morgan fingerprint density at radius 1 is 0.923 bits per heavy atom. The van der Waals surface area contributed by atoms with Crippen molar-refractivity contribution in [2.45, 2.75) is 17.9 Å². The zero-order valence-electron chi connectivity index (χ0n) is 14.7. The number of rotatable bonds is 4. The molecule has 4 nitrogen and oxygen atoms in total. The molecule has 138 valence electrons. The summed E-state index contributed by atoms with van der Waals surface area (Å²) >= 11 is 0. The van der Waals surface area contributed by atoms with E-state index in [0.717, 1.165) is 44.0 Å². The Morgan fingerprint density at radius 2 is 1.46 bits per heavy atom. The van der Waals surface area contributed by atoms with Gasteiger partial charge in [-0.1, -0.05) is 60.7 Å². The molecule has 0 N–H and O–H groups in total. The van der Waals surface area contributed by atoms with Crippen molar-refractivity contribution in [3.05, 3.63) is 71.8 Å². The molecule has 2 aliphatic heterocycles. The number of hydrogen-bond donors (Lipinski definition) is 0. The maximum absolute atomic E-state index is 13.1. The summed E-state index contributed by atoms with van der Waals surface area (Å²) < 4.78 is 11.3. The number of benzene rings is 2. The molecule has 4 rings (SSSR count). The van der Waals surface area contributed by atoms with Crippen LogP contribution < -0.4 is 0 Å². The van der Waals surface area contributed by atoms with Gasteiger partial charge in [0.25, 0.3) is 0 Å². The molecule has 1 unspecified atom stereocenters. The predicted molar refractivity (Wildman–Crippen MR) is 103 cm³/mol. The first-order valence-corrected chi connectivity index (χ1v) is 8.91. The second-order valence-electron chi connectivity index (χ2n) is 6.78. The fourth-order valence-corrected chi connectivity index (χ4v) is 3.98. The summed E-state index contributed by atoms with van der Waals surface area (Å²) in [5.74, 6) is -0.136. The normalized spacial score (nSPS) is 22.5. The molecule has 26 heavy (non-hydrogen) atoms. The van der Waals surface area contributed by atoms with Crippen LogP contribution in [0, 0.1) is 0 Å². The van der Waals surface area contributed by atoms with Crippen LogP contribution in [0.2, 0.25) is 0 Å². The van der Waals surface area contributed by atoms with Gasteiger partial charge < -0.3 is 9.47 Å². The van der Waals surface area contributed by atoms with E-state index in [4.69, 9.17) is 9.47 Å². The molecule has 0 spiro atoms. The van der Waals surface area contributed by atoms with Crippen molar-refractivity contribution in [2.75, 3.05) is 32.8 Å². The van der Waals surface area contributed by atoms with Crippen molar-refractivity contribution in [2.24, 2.45) is 0 Å². The predicted octanol–water partition coefficient (Wildman–Crippen LogP) is 3.04. The van der Waals surface area contributed by atoms with Crippen LogP contribution in [0.3, 0.4) is 0 Å². The van der Waals surface area contributed by atoms with E-state index in [1.807, 2.05) is 60.7 Å². The van der Waals surface area contributed by atoms with Crippen LogP contribution in [0.5, 0.6) is 0 Å². The second-order valence-corrected chi connectivity index (χ2v) is 6.78. The fourth-order valence-electron chi connectivity index (χ4n) is 3.98. The number of ether oxygens (including phenoxy) is 2. The van der Waals surface area contributed by atoms with Crippen LogP contribution in [0.4, 0.5) is 0 Å². The molecule has 2 aliphatic rings. The first-order chi connectivity index (χ1) is 12.3. The Bertz CT molecular complexity index is 677. The highest BCUT2D eigenvalue weighted by Gasteiger charge is 2.51. The molecular weight excluding hydrogens is 350 g/mol. The van der Waals surface area contributed by atoms with Crippen LogP contribution in [0.1, 0.15) is 17.5 Å². The lowest BCUT2D eigenvalue weighted by atomic mass is 9.72. The van der Waals surface area contributed by atoms with Gasteiger partial charge in [0.15, 0.2) is 0 Å². The first kappa shape index (κ1) is 18.9. The summed E-state index contributed by atoms with van der Waals surface area (Å²) in [5, 5.41) is 0. The first-order valence-electron chi connectivity index (χ1n) is 8.91. The molecular formula is C21H24ClNO3. The van der Waals surface area contributed by atoms with Crippen LogP contribution in [-0.2, 0) is 19.7 Å². The summed E-state index contributed by atoms with van der Waals surface area (Å²) in [4.78, 5) is 15.4. The van der Waals surface area contributed by atoms with E-state index < -0.39 is 5.41 Å². The van der Waals surface area contributed by atoms with Crippen molar-refractivity contribution < 1.29 is 14.3 Å². The number of nitrogens with zero attached hydrogens (tertiary/aromatic N) is 1. The van der Waals surface area contributed by atoms with Gasteiger partial charge in [-0.15, -0.1) is 12.4 Å². The largest absolute Gasteiger partial charge is 0.460 e. The van der Waals surface area contributed by atoms with E-state index in [1.54, 1.807) is 0 Å². The SMILES string of the molecule is Cl.O=C1OC(CN2CCOCC2)CC1(c1ccccc1)c1ccccc1. The van der Waals surface area contributed by atoms with Gasteiger partial charge >= 0.3 is 5.97 Å². The van der Waals surface area contributed by atoms with Gasteiger partial charge in [0.2, 0.25) is 0 Å². The molecule has 2 saturated heterocycles. The number of halogens is 1. The molecule has 5 heteroatoms. The van der Waals surface area contributed by atoms with E-state index in [-0.39, 0.29) is 24.5 Å². The highest BCUT2D eigenvalue weighted by Crippen LogP contribution is 2.43. The lowest BCUT2D eigenvalue weighted by Crippen LogP contribution is -2.41. The lowest BCUT2D eigenvalue weighted by Gasteiger charge is -2.29. The van der Waals surface area contributed by atoms with Crippen molar-refractivity contribution in [3.63, 3.8) is 0 Å². The van der Waals surface area contributed by atoms with E-state index in [1.165, 1.54) is 0 Å². The smallest absolute Gasteiger partial charge is 0.321 e. The van der Waals surface area contributed by atoms with Crippen molar-refractivity contribution >= 4 is 18.4 Å². The van der Waals surface area contributed by atoms with Gasteiger partial charge in [0.05, 0.1) is 13.2 Å². The van der Waals surface area contributed by atoms with Gasteiger partial charge in [-0.3, -0.25) is 9.69 Å². The molecule has 0 radical (unpaired) electrons. The topological polar surface area (TPSA) is 38.8 Å². The molecule has 2 aromatic rings. The van der Waals surface area contributed by atoms with E-state index in [0.29, 0.717) is 6.42 Å². The summed E-state index contributed by atoms with van der Waals surface area (Å²) in [6.45, 7) is 4.08. The number of carbonyl (C=O) groups is 1. The standard InChI is InChI=1S/C21H23NO3.ClH/c23-20-21(17-7-3-1-4-8-17,18-9-5-2-6-10-18)15-19(25-20)16-22-11-13-24-14-12-22;/h1-10,19H,11-16H2;1H. The second kappa shape index (κ2) is 8.21. The van der Waals surface area contributed by atoms with Gasteiger partial charge in [-0.05, 0) is 11.1 Å². The zero-order valence-corrected chi connectivity index (χ0v) is 15.5. The van der Waals surface area contributed by atoms with E-state index >= 15 is 0 Å². The Kier molecular flexibility index (Phi) is 5.97. The summed E-state index contributed by atoms with van der Waals surface area (Å²) in [5.41, 5.74) is 1.31. The molecule has 0 bridgehead atoms. The van der Waals surface area contributed by atoms with Crippen molar-refractivity contribution in [1.29, 1.82) is 0 Å².